The first-order valence-electron chi connectivity index (χ1n) is 11.7. The van der Waals surface area contributed by atoms with Crippen molar-refractivity contribution in [3.8, 4) is 5.82 Å². The monoisotopic (exact) mass is 476 g/mol. The largest absolute Gasteiger partial charge is 0.490 e. The van der Waals surface area contributed by atoms with Crippen LogP contribution in [0.4, 0.5) is 18.9 Å². The summed E-state index contributed by atoms with van der Waals surface area (Å²) in [6, 6.07) is 8.64. The Bertz CT molecular complexity index is 1090. The van der Waals surface area contributed by atoms with Gasteiger partial charge in [-0.2, -0.15) is 13.2 Å². The van der Waals surface area contributed by atoms with Crippen molar-refractivity contribution < 1.29 is 27.9 Å². The molecule has 1 atom stereocenters. The lowest BCUT2D eigenvalue weighted by molar-refractivity contribution is -0.192. The molecule has 2 aromatic rings. The van der Waals surface area contributed by atoms with Crippen molar-refractivity contribution >= 4 is 17.6 Å². The van der Waals surface area contributed by atoms with E-state index >= 15 is 0 Å². The molecule has 1 N–H and O–H groups in total. The number of carboxylic acid groups (broad SMARTS) is 1. The molecule has 1 spiro atoms. The van der Waals surface area contributed by atoms with Crippen molar-refractivity contribution in [1.82, 2.24) is 14.5 Å². The predicted octanol–water partition coefficient (Wildman–Crippen LogP) is 3.96. The van der Waals surface area contributed by atoms with Crippen LogP contribution in [0.2, 0.25) is 0 Å². The van der Waals surface area contributed by atoms with E-state index in [1.54, 1.807) is 0 Å². The molecule has 0 bridgehead atoms. The van der Waals surface area contributed by atoms with Gasteiger partial charge in [-0.1, -0.05) is 6.42 Å². The summed E-state index contributed by atoms with van der Waals surface area (Å²) in [5, 5.41) is 7.12. The second kappa shape index (κ2) is 8.32. The molecule has 1 amide bonds. The molecule has 2 aliphatic heterocycles. The third-order valence-electron chi connectivity index (χ3n) is 7.42. The zero-order valence-electron chi connectivity index (χ0n) is 18.7. The second-order valence-electron chi connectivity index (χ2n) is 9.64. The van der Waals surface area contributed by atoms with Crippen molar-refractivity contribution in [2.24, 2.45) is 11.8 Å². The van der Waals surface area contributed by atoms with E-state index < -0.39 is 12.1 Å². The molecule has 6 rings (SSSR count). The molecular weight excluding hydrogens is 449 g/mol. The number of likely N-dealkylation sites (tertiary alicyclic amines) is 1. The summed E-state index contributed by atoms with van der Waals surface area (Å²) < 4.78 is 34.0. The molecule has 3 fully saturated rings. The number of hydrogen-bond donors (Lipinski definition) is 1. The number of aromatic nitrogens is 2. The Morgan fingerprint density at radius 1 is 1.15 bits per heavy atom. The van der Waals surface area contributed by atoms with E-state index in [-0.39, 0.29) is 11.5 Å². The Labute approximate surface area is 195 Å². The number of hydrogen-bond acceptors (Lipinski definition) is 4. The number of pyridine rings is 1. The fraction of sp³-hybridized carbons (Fsp3) is 0.542. The highest BCUT2D eigenvalue weighted by molar-refractivity contribution is 5.80. The summed E-state index contributed by atoms with van der Waals surface area (Å²) in [5.41, 5.74) is 2.42. The van der Waals surface area contributed by atoms with E-state index in [0.717, 1.165) is 50.6 Å². The lowest BCUT2D eigenvalue weighted by Gasteiger charge is -2.47. The second-order valence-corrected chi connectivity index (χ2v) is 9.64. The van der Waals surface area contributed by atoms with Gasteiger partial charge in [-0.25, -0.2) is 9.78 Å². The summed E-state index contributed by atoms with van der Waals surface area (Å²) in [6.07, 6.45) is 5.97. The van der Waals surface area contributed by atoms with Gasteiger partial charge in [0.15, 0.2) is 5.82 Å². The Morgan fingerprint density at radius 2 is 1.88 bits per heavy atom. The minimum atomic E-state index is -5.08. The van der Waals surface area contributed by atoms with Gasteiger partial charge < -0.3 is 19.5 Å². The molecular formula is C24H27F3N4O3. The fourth-order valence-electron chi connectivity index (χ4n) is 5.25. The number of rotatable bonds is 3. The van der Waals surface area contributed by atoms with E-state index in [2.05, 4.69) is 38.8 Å². The van der Waals surface area contributed by atoms with Crippen LogP contribution in [0.15, 0.2) is 36.7 Å². The van der Waals surface area contributed by atoms with Crippen LogP contribution in [0.3, 0.4) is 0 Å². The maximum absolute atomic E-state index is 13.0. The molecule has 4 heterocycles. The highest BCUT2D eigenvalue weighted by atomic mass is 19.4. The smallest absolute Gasteiger partial charge is 0.475 e. The summed E-state index contributed by atoms with van der Waals surface area (Å²) in [6.45, 7) is 2.76. The number of anilines is 1. The van der Waals surface area contributed by atoms with Crippen LogP contribution in [0.25, 0.3) is 5.82 Å². The minimum absolute atomic E-state index is 0.110. The Kier molecular flexibility index (Phi) is 5.56. The molecule has 0 radical (unpaired) electrons. The first kappa shape index (κ1) is 22.7. The zero-order chi connectivity index (χ0) is 24.1. The molecule has 2 saturated carbocycles. The highest BCUT2D eigenvalue weighted by Gasteiger charge is 2.52. The van der Waals surface area contributed by atoms with Crippen LogP contribution in [0.1, 0.15) is 44.2 Å². The molecule has 1 unspecified atom stereocenters. The van der Waals surface area contributed by atoms with Gasteiger partial charge in [0, 0.05) is 37.9 Å². The number of amides is 1. The van der Waals surface area contributed by atoms with Crippen LogP contribution >= 0.6 is 0 Å². The van der Waals surface area contributed by atoms with Crippen molar-refractivity contribution in [2.45, 2.75) is 50.2 Å². The first-order chi connectivity index (χ1) is 16.2. The number of nitrogens with zero attached hydrogens (tertiary/aromatic N) is 4. The van der Waals surface area contributed by atoms with Gasteiger partial charge in [0.05, 0.1) is 11.4 Å². The molecule has 0 aromatic carbocycles. The summed E-state index contributed by atoms with van der Waals surface area (Å²) in [7, 11) is 0. The molecule has 4 aliphatic rings. The van der Waals surface area contributed by atoms with Gasteiger partial charge in [0.2, 0.25) is 5.91 Å². The normalized spacial score (nSPS) is 23.6. The van der Waals surface area contributed by atoms with E-state index in [1.807, 2.05) is 12.3 Å². The Balaban J connectivity index is 0.000000304. The average molecular weight is 476 g/mol. The summed E-state index contributed by atoms with van der Waals surface area (Å²) in [5.74, 6) is -0.270. The predicted molar refractivity (Wildman–Crippen MR) is 118 cm³/mol. The fourth-order valence-corrected chi connectivity index (χ4v) is 5.25. The van der Waals surface area contributed by atoms with Gasteiger partial charge in [-0.05, 0) is 62.3 Å². The number of carbonyl (C=O) groups excluding carboxylic acids is 1. The lowest BCUT2D eigenvalue weighted by Crippen LogP contribution is -2.54. The van der Waals surface area contributed by atoms with E-state index in [9.17, 15) is 18.0 Å². The quantitative estimate of drug-likeness (QED) is 0.726. The SMILES string of the molecule is O=C(C1CCC1)N1CCC2(C1)c1cccn1-c1ncccc1N2CC1CC1.O=C(O)C(F)(F)F. The van der Waals surface area contributed by atoms with Crippen LogP contribution in [0, 0.1) is 11.8 Å². The van der Waals surface area contributed by atoms with Gasteiger partial charge in [0.1, 0.15) is 5.54 Å². The molecule has 182 valence electrons. The van der Waals surface area contributed by atoms with E-state index in [0.29, 0.717) is 5.91 Å². The minimum Gasteiger partial charge on any atom is -0.475 e. The van der Waals surface area contributed by atoms with Crippen molar-refractivity contribution in [3.63, 3.8) is 0 Å². The molecule has 10 heteroatoms. The third-order valence-corrected chi connectivity index (χ3v) is 7.42. The number of carboxylic acids is 1. The topological polar surface area (TPSA) is 78.7 Å². The van der Waals surface area contributed by atoms with E-state index in [4.69, 9.17) is 14.9 Å². The van der Waals surface area contributed by atoms with E-state index in [1.165, 1.54) is 30.6 Å². The third kappa shape index (κ3) is 3.92. The van der Waals surface area contributed by atoms with Gasteiger partial charge in [0.25, 0.3) is 0 Å². The van der Waals surface area contributed by atoms with Gasteiger partial charge >= 0.3 is 12.1 Å². The summed E-state index contributed by atoms with van der Waals surface area (Å²) >= 11 is 0. The van der Waals surface area contributed by atoms with Crippen LogP contribution in [-0.4, -0.2) is 57.2 Å². The highest BCUT2D eigenvalue weighted by Crippen LogP contribution is 2.49. The first-order valence-corrected chi connectivity index (χ1v) is 11.7. The van der Waals surface area contributed by atoms with Crippen molar-refractivity contribution in [1.29, 1.82) is 0 Å². The van der Waals surface area contributed by atoms with Crippen LogP contribution in [0.5, 0.6) is 0 Å². The van der Waals surface area contributed by atoms with Crippen LogP contribution in [-0.2, 0) is 15.1 Å². The lowest BCUT2D eigenvalue weighted by atomic mass is 9.84. The number of fused-ring (bicyclic) bond motifs is 4. The Morgan fingerprint density at radius 3 is 2.50 bits per heavy atom. The van der Waals surface area contributed by atoms with Gasteiger partial charge in [-0.3, -0.25) is 4.79 Å². The zero-order valence-corrected chi connectivity index (χ0v) is 18.7. The maximum Gasteiger partial charge on any atom is 0.490 e. The van der Waals surface area contributed by atoms with Gasteiger partial charge in [-0.15, -0.1) is 0 Å². The molecule has 2 aliphatic carbocycles. The number of alkyl halides is 3. The van der Waals surface area contributed by atoms with Crippen molar-refractivity contribution in [2.75, 3.05) is 24.5 Å². The number of halogens is 3. The standard InChI is InChI=1S/C22H26N4O.C2HF3O2/c27-21(17-4-1-5-17)24-13-10-22(15-24)19-7-3-12-25(19)20-18(6-2-11-23-20)26(22)14-16-8-9-16;3-2(4,5)1(6)7/h2-3,6-7,11-12,16-17H,1,4-5,8-10,13-15H2;(H,6,7). The molecule has 7 nitrogen and oxygen atoms in total. The van der Waals surface area contributed by atoms with Crippen molar-refractivity contribution in [3.05, 3.63) is 42.4 Å². The molecule has 34 heavy (non-hydrogen) atoms. The summed E-state index contributed by atoms with van der Waals surface area (Å²) in [4.78, 5) is 31.3. The molecule has 1 saturated heterocycles. The Hall–Kier alpha value is -3.04. The number of aliphatic carboxylic acids is 1. The molecule has 2 aromatic heterocycles. The number of carbonyl (C=O) groups is 2. The van der Waals surface area contributed by atoms with Crippen LogP contribution < -0.4 is 4.90 Å². The average Bonchev–Trinajstić information content (AvgIpc) is 3.25. The maximum atomic E-state index is 13.0.